The molecule has 0 aliphatic rings. The highest BCUT2D eigenvalue weighted by atomic mass is 15.0. The van der Waals surface area contributed by atoms with Crippen LogP contribution in [0.5, 0.6) is 0 Å². The molecule has 1 aromatic rings. The van der Waals surface area contributed by atoms with Crippen LogP contribution in [0, 0.1) is 0 Å². The Balaban J connectivity index is 2.84. The SMILES string of the molecule is C=C(C)C(N)c1cn(C)cn1. The van der Waals surface area contributed by atoms with Gasteiger partial charge < -0.3 is 10.3 Å². The highest BCUT2D eigenvalue weighted by Gasteiger charge is 2.07. The molecule has 60 valence electrons. The van der Waals surface area contributed by atoms with Gasteiger partial charge in [0.1, 0.15) is 0 Å². The summed E-state index contributed by atoms with van der Waals surface area (Å²) in [6.07, 6.45) is 3.64. The molecular formula is C8H13N3. The summed E-state index contributed by atoms with van der Waals surface area (Å²) in [6.45, 7) is 5.67. The van der Waals surface area contributed by atoms with Gasteiger partial charge in [-0.3, -0.25) is 0 Å². The van der Waals surface area contributed by atoms with Gasteiger partial charge >= 0.3 is 0 Å². The van der Waals surface area contributed by atoms with Crippen molar-refractivity contribution in [1.82, 2.24) is 9.55 Å². The molecule has 0 aromatic carbocycles. The maximum atomic E-state index is 5.78. The molecule has 0 bridgehead atoms. The van der Waals surface area contributed by atoms with Crippen LogP contribution in [0.3, 0.4) is 0 Å². The van der Waals surface area contributed by atoms with Gasteiger partial charge in [0.2, 0.25) is 0 Å². The van der Waals surface area contributed by atoms with Crippen LogP contribution in [0.15, 0.2) is 24.7 Å². The molecule has 1 heterocycles. The first-order chi connectivity index (χ1) is 5.11. The fourth-order valence-electron chi connectivity index (χ4n) is 0.846. The van der Waals surface area contributed by atoms with Crippen LogP contribution in [-0.4, -0.2) is 9.55 Å². The molecule has 0 radical (unpaired) electrons. The number of aromatic nitrogens is 2. The Hall–Kier alpha value is -1.09. The van der Waals surface area contributed by atoms with Gasteiger partial charge in [-0.15, -0.1) is 0 Å². The van der Waals surface area contributed by atoms with Gasteiger partial charge in [0, 0.05) is 13.2 Å². The summed E-state index contributed by atoms with van der Waals surface area (Å²) < 4.78 is 1.87. The molecule has 0 aliphatic carbocycles. The van der Waals surface area contributed by atoms with Gasteiger partial charge in [0.05, 0.1) is 18.1 Å². The summed E-state index contributed by atoms with van der Waals surface area (Å²) in [5.74, 6) is 0. The lowest BCUT2D eigenvalue weighted by Gasteiger charge is -2.06. The maximum Gasteiger partial charge on any atom is 0.0947 e. The summed E-state index contributed by atoms with van der Waals surface area (Å²) in [4.78, 5) is 4.11. The number of nitrogens with zero attached hydrogens (tertiary/aromatic N) is 2. The lowest BCUT2D eigenvalue weighted by molar-refractivity contribution is 0.817. The van der Waals surface area contributed by atoms with E-state index < -0.39 is 0 Å². The van der Waals surface area contributed by atoms with E-state index in [1.165, 1.54) is 0 Å². The third-order valence-electron chi connectivity index (χ3n) is 1.57. The van der Waals surface area contributed by atoms with E-state index in [2.05, 4.69) is 11.6 Å². The first-order valence-corrected chi connectivity index (χ1v) is 3.50. The van der Waals surface area contributed by atoms with Gasteiger partial charge in [-0.2, -0.15) is 0 Å². The van der Waals surface area contributed by atoms with E-state index in [4.69, 9.17) is 5.73 Å². The molecule has 2 N–H and O–H groups in total. The summed E-state index contributed by atoms with van der Waals surface area (Å²) in [5.41, 5.74) is 7.58. The molecule has 3 nitrogen and oxygen atoms in total. The second-order valence-corrected chi connectivity index (χ2v) is 2.79. The Morgan fingerprint density at radius 2 is 2.45 bits per heavy atom. The van der Waals surface area contributed by atoms with E-state index >= 15 is 0 Å². The number of imidazole rings is 1. The van der Waals surface area contributed by atoms with Crippen molar-refractivity contribution in [1.29, 1.82) is 0 Å². The molecule has 0 fully saturated rings. The van der Waals surface area contributed by atoms with E-state index in [-0.39, 0.29) is 6.04 Å². The topological polar surface area (TPSA) is 43.8 Å². The van der Waals surface area contributed by atoms with Crippen molar-refractivity contribution in [2.24, 2.45) is 12.8 Å². The zero-order chi connectivity index (χ0) is 8.43. The molecule has 1 aromatic heterocycles. The van der Waals surface area contributed by atoms with Gasteiger partial charge in [-0.1, -0.05) is 12.2 Å². The monoisotopic (exact) mass is 151 g/mol. The third-order valence-corrected chi connectivity index (χ3v) is 1.57. The molecule has 3 heteroatoms. The van der Waals surface area contributed by atoms with Crippen molar-refractivity contribution < 1.29 is 0 Å². The van der Waals surface area contributed by atoms with E-state index in [0.29, 0.717) is 0 Å². The molecule has 1 rings (SSSR count). The summed E-state index contributed by atoms with van der Waals surface area (Å²) in [5, 5.41) is 0. The Kier molecular flexibility index (Phi) is 2.10. The molecule has 1 unspecified atom stereocenters. The van der Waals surface area contributed by atoms with Crippen LogP contribution >= 0.6 is 0 Å². The standard InChI is InChI=1S/C8H13N3/c1-6(2)8(9)7-4-11(3)5-10-7/h4-5,8H,1,9H2,2-3H3. The Morgan fingerprint density at radius 1 is 1.82 bits per heavy atom. The quantitative estimate of drug-likeness (QED) is 0.641. The molecule has 11 heavy (non-hydrogen) atoms. The van der Waals surface area contributed by atoms with Crippen LogP contribution < -0.4 is 5.73 Å². The van der Waals surface area contributed by atoms with Crippen LogP contribution in [-0.2, 0) is 7.05 Å². The van der Waals surface area contributed by atoms with Crippen LogP contribution in [0.4, 0.5) is 0 Å². The van der Waals surface area contributed by atoms with Crippen LogP contribution in [0.2, 0.25) is 0 Å². The van der Waals surface area contributed by atoms with Crippen LogP contribution in [0.1, 0.15) is 18.7 Å². The van der Waals surface area contributed by atoms with Gasteiger partial charge in [-0.05, 0) is 6.92 Å². The highest BCUT2D eigenvalue weighted by molar-refractivity contribution is 5.15. The molecular weight excluding hydrogens is 138 g/mol. The van der Waals surface area contributed by atoms with Crippen molar-refractivity contribution in [3.8, 4) is 0 Å². The number of rotatable bonds is 2. The minimum atomic E-state index is -0.129. The summed E-state index contributed by atoms with van der Waals surface area (Å²) >= 11 is 0. The van der Waals surface area contributed by atoms with Gasteiger partial charge in [0.15, 0.2) is 0 Å². The molecule has 0 saturated carbocycles. The number of aryl methyl sites for hydroxylation is 1. The first-order valence-electron chi connectivity index (χ1n) is 3.50. The third kappa shape index (κ3) is 1.68. The normalized spacial score (nSPS) is 13.0. The van der Waals surface area contributed by atoms with Crippen molar-refractivity contribution in [3.05, 3.63) is 30.4 Å². The number of hydrogen-bond donors (Lipinski definition) is 1. The fraction of sp³-hybridized carbons (Fsp3) is 0.375. The first kappa shape index (κ1) is 8.01. The van der Waals surface area contributed by atoms with E-state index in [0.717, 1.165) is 11.3 Å². The number of nitrogens with two attached hydrogens (primary N) is 1. The van der Waals surface area contributed by atoms with E-state index in [1.807, 2.05) is 24.7 Å². The molecule has 0 spiro atoms. The Bertz CT molecular complexity index is 262. The van der Waals surface area contributed by atoms with Crippen molar-refractivity contribution in [2.75, 3.05) is 0 Å². The summed E-state index contributed by atoms with van der Waals surface area (Å²) in [7, 11) is 1.92. The molecule has 0 aliphatic heterocycles. The van der Waals surface area contributed by atoms with Crippen molar-refractivity contribution in [2.45, 2.75) is 13.0 Å². The largest absolute Gasteiger partial charge is 0.340 e. The minimum absolute atomic E-state index is 0.129. The Labute approximate surface area is 66.5 Å². The second kappa shape index (κ2) is 2.88. The lowest BCUT2D eigenvalue weighted by atomic mass is 10.1. The maximum absolute atomic E-state index is 5.78. The molecule has 0 amide bonds. The molecule has 1 atom stereocenters. The average Bonchev–Trinajstić information content (AvgIpc) is 2.34. The van der Waals surface area contributed by atoms with Crippen molar-refractivity contribution in [3.63, 3.8) is 0 Å². The predicted molar refractivity (Wildman–Crippen MR) is 45.0 cm³/mol. The summed E-state index contributed by atoms with van der Waals surface area (Å²) in [6, 6.07) is -0.129. The smallest absolute Gasteiger partial charge is 0.0947 e. The molecule has 0 saturated heterocycles. The zero-order valence-corrected chi connectivity index (χ0v) is 6.91. The zero-order valence-electron chi connectivity index (χ0n) is 6.91. The van der Waals surface area contributed by atoms with E-state index in [9.17, 15) is 0 Å². The second-order valence-electron chi connectivity index (χ2n) is 2.79. The van der Waals surface area contributed by atoms with E-state index in [1.54, 1.807) is 6.33 Å². The van der Waals surface area contributed by atoms with Gasteiger partial charge in [-0.25, -0.2) is 4.98 Å². The number of hydrogen-bond acceptors (Lipinski definition) is 2. The minimum Gasteiger partial charge on any atom is -0.340 e. The fourth-order valence-corrected chi connectivity index (χ4v) is 0.846. The predicted octanol–water partition coefficient (Wildman–Crippen LogP) is 0.996. The van der Waals surface area contributed by atoms with Crippen LogP contribution in [0.25, 0.3) is 0 Å². The van der Waals surface area contributed by atoms with Gasteiger partial charge in [0.25, 0.3) is 0 Å². The Morgan fingerprint density at radius 3 is 2.82 bits per heavy atom. The lowest BCUT2D eigenvalue weighted by Crippen LogP contribution is -2.11. The average molecular weight is 151 g/mol. The highest BCUT2D eigenvalue weighted by Crippen LogP contribution is 2.13. The van der Waals surface area contributed by atoms with Crippen molar-refractivity contribution >= 4 is 0 Å².